The Labute approximate surface area is 96.1 Å². The molecule has 2 aliphatic rings. The lowest BCUT2D eigenvalue weighted by molar-refractivity contribution is 0.573. The first kappa shape index (κ1) is 9.87. The fraction of sp³-hybridized carbons (Fsp3) is 0.667. The highest BCUT2D eigenvalue weighted by Crippen LogP contribution is 2.25. The minimum absolute atomic E-state index is 0.657. The van der Waals surface area contributed by atoms with Crippen LogP contribution in [0.15, 0.2) is 12.4 Å². The summed E-state index contributed by atoms with van der Waals surface area (Å²) in [6, 6.07) is 2.74. The molecule has 86 valence electrons. The molecule has 0 spiro atoms. The van der Waals surface area contributed by atoms with Gasteiger partial charge in [0.25, 0.3) is 0 Å². The second-order valence-electron chi connectivity index (χ2n) is 4.73. The molecule has 1 saturated carbocycles. The highest BCUT2D eigenvalue weighted by atomic mass is 15.2. The zero-order valence-corrected chi connectivity index (χ0v) is 9.52. The van der Waals surface area contributed by atoms with Crippen molar-refractivity contribution in [2.75, 3.05) is 23.3 Å². The van der Waals surface area contributed by atoms with Crippen molar-refractivity contribution in [1.82, 2.24) is 9.97 Å². The molecular formula is C12H18N4. The Morgan fingerprint density at radius 3 is 2.69 bits per heavy atom. The highest BCUT2D eigenvalue weighted by molar-refractivity contribution is 5.49. The molecule has 2 heterocycles. The number of piperidine rings is 1. The first-order chi connectivity index (χ1) is 7.92. The maximum absolute atomic E-state index is 4.37. The standard InChI is InChI=1S/C12H18N4/c1-2-6-16(7-3-1)12-8-11(13-9-14-12)15-10-4-5-10/h8-10H,1-7H2,(H,13,14,15). The second kappa shape index (κ2) is 4.28. The topological polar surface area (TPSA) is 41.1 Å². The molecule has 0 radical (unpaired) electrons. The van der Waals surface area contributed by atoms with Crippen LogP contribution in [0.3, 0.4) is 0 Å². The fourth-order valence-electron chi connectivity index (χ4n) is 2.16. The summed E-state index contributed by atoms with van der Waals surface area (Å²) < 4.78 is 0. The van der Waals surface area contributed by atoms with E-state index in [4.69, 9.17) is 0 Å². The minimum atomic E-state index is 0.657. The summed E-state index contributed by atoms with van der Waals surface area (Å²) in [6.45, 7) is 2.28. The van der Waals surface area contributed by atoms with Gasteiger partial charge in [-0.1, -0.05) is 0 Å². The van der Waals surface area contributed by atoms with E-state index in [0.29, 0.717) is 6.04 Å². The summed E-state index contributed by atoms with van der Waals surface area (Å²) in [5.41, 5.74) is 0. The van der Waals surface area contributed by atoms with Gasteiger partial charge in [0, 0.05) is 25.2 Å². The summed E-state index contributed by atoms with van der Waals surface area (Å²) in [4.78, 5) is 11.0. The molecule has 1 aliphatic heterocycles. The predicted octanol–water partition coefficient (Wildman–Crippen LogP) is 2.04. The van der Waals surface area contributed by atoms with Gasteiger partial charge in [-0.25, -0.2) is 9.97 Å². The van der Waals surface area contributed by atoms with E-state index < -0.39 is 0 Å². The number of hydrogen-bond acceptors (Lipinski definition) is 4. The van der Waals surface area contributed by atoms with Crippen molar-refractivity contribution in [3.8, 4) is 0 Å². The monoisotopic (exact) mass is 218 g/mol. The average molecular weight is 218 g/mol. The molecule has 0 amide bonds. The van der Waals surface area contributed by atoms with Crippen LogP contribution >= 0.6 is 0 Å². The third-order valence-corrected chi connectivity index (χ3v) is 3.26. The van der Waals surface area contributed by atoms with Gasteiger partial charge in [-0.05, 0) is 32.1 Å². The van der Waals surface area contributed by atoms with Crippen LogP contribution in [0.25, 0.3) is 0 Å². The third kappa shape index (κ3) is 2.26. The molecule has 3 rings (SSSR count). The number of anilines is 2. The van der Waals surface area contributed by atoms with Crippen molar-refractivity contribution < 1.29 is 0 Å². The van der Waals surface area contributed by atoms with Crippen molar-refractivity contribution in [1.29, 1.82) is 0 Å². The number of hydrogen-bond donors (Lipinski definition) is 1. The van der Waals surface area contributed by atoms with E-state index in [2.05, 4.69) is 26.3 Å². The van der Waals surface area contributed by atoms with Crippen LogP contribution in [0.1, 0.15) is 32.1 Å². The second-order valence-corrected chi connectivity index (χ2v) is 4.73. The number of nitrogens with one attached hydrogen (secondary N) is 1. The molecule has 1 saturated heterocycles. The van der Waals surface area contributed by atoms with Gasteiger partial charge in [0.2, 0.25) is 0 Å². The van der Waals surface area contributed by atoms with Gasteiger partial charge in [-0.3, -0.25) is 0 Å². The molecule has 1 aliphatic carbocycles. The van der Waals surface area contributed by atoms with Crippen LogP contribution < -0.4 is 10.2 Å². The van der Waals surface area contributed by atoms with Gasteiger partial charge in [0.15, 0.2) is 0 Å². The number of rotatable bonds is 3. The molecule has 4 heteroatoms. The Morgan fingerprint density at radius 1 is 1.12 bits per heavy atom. The average Bonchev–Trinajstić information content (AvgIpc) is 3.15. The van der Waals surface area contributed by atoms with Crippen LogP contribution in [0.2, 0.25) is 0 Å². The van der Waals surface area contributed by atoms with E-state index in [9.17, 15) is 0 Å². The number of nitrogens with zero attached hydrogens (tertiary/aromatic N) is 3. The van der Waals surface area contributed by atoms with E-state index in [0.717, 1.165) is 24.7 Å². The van der Waals surface area contributed by atoms with Gasteiger partial charge < -0.3 is 10.2 Å². The lowest BCUT2D eigenvalue weighted by Crippen LogP contribution is -2.30. The Balaban J connectivity index is 1.72. The minimum Gasteiger partial charge on any atom is -0.367 e. The molecule has 0 bridgehead atoms. The van der Waals surface area contributed by atoms with Gasteiger partial charge in [0.1, 0.15) is 18.0 Å². The van der Waals surface area contributed by atoms with Crippen molar-refractivity contribution in [2.24, 2.45) is 0 Å². The molecule has 1 aromatic rings. The highest BCUT2D eigenvalue weighted by Gasteiger charge is 2.21. The van der Waals surface area contributed by atoms with E-state index in [1.54, 1.807) is 6.33 Å². The van der Waals surface area contributed by atoms with Crippen LogP contribution in [0.5, 0.6) is 0 Å². The Hall–Kier alpha value is -1.32. The van der Waals surface area contributed by atoms with Crippen molar-refractivity contribution in [3.05, 3.63) is 12.4 Å². The zero-order chi connectivity index (χ0) is 10.8. The molecule has 2 fully saturated rings. The van der Waals surface area contributed by atoms with Gasteiger partial charge in [-0.15, -0.1) is 0 Å². The van der Waals surface area contributed by atoms with Gasteiger partial charge in [-0.2, -0.15) is 0 Å². The Bertz CT molecular complexity index is 356. The molecule has 0 atom stereocenters. The maximum atomic E-state index is 4.37. The molecular weight excluding hydrogens is 200 g/mol. The van der Waals surface area contributed by atoms with Crippen molar-refractivity contribution in [3.63, 3.8) is 0 Å². The lowest BCUT2D eigenvalue weighted by atomic mass is 10.1. The Kier molecular flexibility index (Phi) is 2.64. The van der Waals surface area contributed by atoms with Crippen LogP contribution in [-0.4, -0.2) is 29.1 Å². The van der Waals surface area contributed by atoms with Crippen LogP contribution in [0.4, 0.5) is 11.6 Å². The lowest BCUT2D eigenvalue weighted by Gasteiger charge is -2.27. The largest absolute Gasteiger partial charge is 0.367 e. The molecule has 16 heavy (non-hydrogen) atoms. The zero-order valence-electron chi connectivity index (χ0n) is 9.52. The first-order valence-electron chi connectivity index (χ1n) is 6.25. The summed E-state index contributed by atoms with van der Waals surface area (Å²) >= 11 is 0. The molecule has 4 nitrogen and oxygen atoms in total. The third-order valence-electron chi connectivity index (χ3n) is 3.26. The maximum Gasteiger partial charge on any atom is 0.134 e. The molecule has 0 unspecified atom stereocenters. The van der Waals surface area contributed by atoms with E-state index >= 15 is 0 Å². The summed E-state index contributed by atoms with van der Waals surface area (Å²) in [5, 5.41) is 3.42. The SMILES string of the molecule is c1nc(NC2CC2)cc(N2CCCCC2)n1. The quantitative estimate of drug-likeness (QED) is 0.843. The smallest absolute Gasteiger partial charge is 0.134 e. The van der Waals surface area contributed by atoms with Crippen molar-refractivity contribution >= 4 is 11.6 Å². The fourth-order valence-corrected chi connectivity index (χ4v) is 2.16. The molecule has 1 N–H and O–H groups in total. The van der Waals surface area contributed by atoms with E-state index in [1.165, 1.54) is 32.1 Å². The van der Waals surface area contributed by atoms with Crippen LogP contribution in [0, 0.1) is 0 Å². The Morgan fingerprint density at radius 2 is 1.94 bits per heavy atom. The van der Waals surface area contributed by atoms with Gasteiger partial charge >= 0.3 is 0 Å². The van der Waals surface area contributed by atoms with Gasteiger partial charge in [0.05, 0.1) is 0 Å². The van der Waals surface area contributed by atoms with E-state index in [1.807, 2.05) is 0 Å². The summed E-state index contributed by atoms with van der Waals surface area (Å²) in [7, 11) is 0. The van der Waals surface area contributed by atoms with E-state index in [-0.39, 0.29) is 0 Å². The predicted molar refractivity (Wildman–Crippen MR) is 64.7 cm³/mol. The normalized spacial score (nSPS) is 20.9. The van der Waals surface area contributed by atoms with Crippen molar-refractivity contribution in [2.45, 2.75) is 38.1 Å². The first-order valence-corrected chi connectivity index (χ1v) is 6.25. The number of aromatic nitrogens is 2. The summed E-state index contributed by atoms with van der Waals surface area (Å²) in [6.07, 6.45) is 8.17. The molecule has 1 aromatic heterocycles. The van der Waals surface area contributed by atoms with Crippen LogP contribution in [-0.2, 0) is 0 Å². The summed E-state index contributed by atoms with van der Waals surface area (Å²) in [5.74, 6) is 2.07. The molecule has 0 aromatic carbocycles.